The molecule has 0 N–H and O–H groups in total. The van der Waals surface area contributed by atoms with Gasteiger partial charge in [-0.15, -0.1) is 0 Å². The summed E-state index contributed by atoms with van der Waals surface area (Å²) in [5, 5.41) is 0.469. The third-order valence-electron chi connectivity index (χ3n) is 2.26. The smallest absolute Gasteiger partial charge is 0.214 e. The van der Waals surface area contributed by atoms with Crippen LogP contribution < -0.4 is 4.74 Å². The van der Waals surface area contributed by atoms with Gasteiger partial charge < -0.3 is 4.74 Å². The Labute approximate surface area is 90.3 Å². The van der Waals surface area contributed by atoms with Gasteiger partial charge in [-0.05, 0) is 17.9 Å². The van der Waals surface area contributed by atoms with Crippen molar-refractivity contribution < 1.29 is 4.74 Å². The maximum atomic E-state index is 5.74. The Balaban J connectivity index is 2.54. The average Bonchev–Trinajstić information content (AvgIpc) is 2.15. The molecule has 1 aromatic heterocycles. The highest BCUT2D eigenvalue weighted by Gasteiger charge is 2.16. The number of aromatic nitrogens is 1. The van der Waals surface area contributed by atoms with E-state index in [1.54, 1.807) is 6.07 Å². The fourth-order valence-electron chi connectivity index (χ4n) is 0.841. The van der Waals surface area contributed by atoms with E-state index in [0.29, 0.717) is 17.6 Å². The third kappa shape index (κ3) is 3.54. The van der Waals surface area contributed by atoms with Crippen molar-refractivity contribution in [1.82, 2.24) is 4.98 Å². The molecule has 0 fully saturated rings. The van der Waals surface area contributed by atoms with Crippen LogP contribution in [0.3, 0.4) is 0 Å². The van der Waals surface area contributed by atoms with Crippen molar-refractivity contribution in [2.24, 2.45) is 5.41 Å². The van der Waals surface area contributed by atoms with Crippen molar-refractivity contribution >= 4 is 11.6 Å². The van der Waals surface area contributed by atoms with Gasteiger partial charge in [-0.2, -0.15) is 0 Å². The zero-order valence-corrected chi connectivity index (χ0v) is 9.64. The Morgan fingerprint density at radius 3 is 2.71 bits per heavy atom. The van der Waals surface area contributed by atoms with E-state index in [4.69, 9.17) is 16.3 Å². The van der Waals surface area contributed by atoms with Gasteiger partial charge in [-0.25, -0.2) is 4.98 Å². The van der Waals surface area contributed by atoms with Gasteiger partial charge in [0.1, 0.15) is 5.15 Å². The van der Waals surface area contributed by atoms with E-state index in [1.165, 1.54) is 0 Å². The number of hydrogen-bond acceptors (Lipinski definition) is 2. The first-order valence-electron chi connectivity index (χ1n) is 4.79. The number of hydrogen-bond donors (Lipinski definition) is 0. The van der Waals surface area contributed by atoms with Crippen LogP contribution in [0.15, 0.2) is 18.2 Å². The lowest BCUT2D eigenvalue weighted by Crippen LogP contribution is -2.20. The molecule has 2 nitrogen and oxygen atoms in total. The Kier molecular flexibility index (Phi) is 3.76. The minimum atomic E-state index is 0.185. The van der Waals surface area contributed by atoms with Crippen molar-refractivity contribution in [3.05, 3.63) is 23.4 Å². The highest BCUT2D eigenvalue weighted by atomic mass is 35.5. The molecule has 0 saturated heterocycles. The number of ether oxygens (including phenoxy) is 1. The molecule has 3 heteroatoms. The summed E-state index contributed by atoms with van der Waals surface area (Å²) in [4.78, 5) is 4.05. The van der Waals surface area contributed by atoms with Gasteiger partial charge in [-0.3, -0.25) is 0 Å². The molecule has 0 amide bonds. The Hall–Kier alpha value is -0.760. The van der Waals surface area contributed by atoms with Gasteiger partial charge in [0.05, 0.1) is 6.61 Å². The van der Waals surface area contributed by atoms with Gasteiger partial charge >= 0.3 is 0 Å². The van der Waals surface area contributed by atoms with Crippen molar-refractivity contribution in [3.8, 4) is 5.88 Å². The Bertz CT molecular complexity index is 299. The molecule has 0 radical (unpaired) electrons. The number of halogens is 1. The van der Waals surface area contributed by atoms with Crippen LogP contribution >= 0.6 is 11.6 Å². The van der Waals surface area contributed by atoms with E-state index in [1.807, 2.05) is 12.1 Å². The summed E-state index contributed by atoms with van der Waals surface area (Å²) in [6, 6.07) is 5.39. The molecule has 1 aromatic rings. The van der Waals surface area contributed by atoms with E-state index >= 15 is 0 Å². The van der Waals surface area contributed by atoms with Gasteiger partial charge in [0, 0.05) is 6.07 Å². The SMILES string of the molecule is CCC(C)(C)COc1cccc(Cl)n1. The fraction of sp³-hybridized carbons (Fsp3) is 0.545. The Morgan fingerprint density at radius 2 is 2.14 bits per heavy atom. The van der Waals surface area contributed by atoms with Crippen LogP contribution in [0.25, 0.3) is 0 Å². The van der Waals surface area contributed by atoms with Gasteiger partial charge in [0.15, 0.2) is 0 Å². The molecule has 0 atom stereocenters. The molecule has 1 heterocycles. The molecule has 78 valence electrons. The topological polar surface area (TPSA) is 22.1 Å². The average molecular weight is 214 g/mol. The summed E-state index contributed by atoms with van der Waals surface area (Å²) in [7, 11) is 0. The molecule has 1 rings (SSSR count). The molecule has 14 heavy (non-hydrogen) atoms. The third-order valence-corrected chi connectivity index (χ3v) is 2.47. The highest BCUT2D eigenvalue weighted by molar-refractivity contribution is 6.29. The van der Waals surface area contributed by atoms with Crippen LogP contribution in [0, 0.1) is 5.41 Å². The van der Waals surface area contributed by atoms with Gasteiger partial charge in [0.2, 0.25) is 5.88 Å². The highest BCUT2D eigenvalue weighted by Crippen LogP contribution is 2.21. The minimum Gasteiger partial charge on any atom is -0.477 e. The van der Waals surface area contributed by atoms with E-state index in [-0.39, 0.29) is 5.41 Å². The molecule has 0 saturated carbocycles. The van der Waals surface area contributed by atoms with Crippen molar-refractivity contribution in [2.75, 3.05) is 6.61 Å². The number of pyridine rings is 1. The monoisotopic (exact) mass is 213 g/mol. The molecule has 0 aromatic carbocycles. The molecular weight excluding hydrogens is 198 g/mol. The molecule has 0 bridgehead atoms. The zero-order valence-electron chi connectivity index (χ0n) is 8.88. The molecule has 0 spiro atoms. The summed E-state index contributed by atoms with van der Waals surface area (Å²) < 4.78 is 5.55. The predicted octanol–water partition coefficient (Wildman–Crippen LogP) is 3.55. The summed E-state index contributed by atoms with van der Waals surface area (Å²) in [5.41, 5.74) is 0.185. The van der Waals surface area contributed by atoms with E-state index in [0.717, 1.165) is 6.42 Å². The van der Waals surface area contributed by atoms with Crippen LogP contribution in [0.4, 0.5) is 0 Å². The van der Waals surface area contributed by atoms with Crippen LogP contribution in [0.2, 0.25) is 5.15 Å². The van der Waals surface area contributed by atoms with Crippen LogP contribution in [-0.2, 0) is 0 Å². The second-order valence-electron chi connectivity index (χ2n) is 4.10. The predicted molar refractivity (Wildman–Crippen MR) is 58.8 cm³/mol. The lowest BCUT2D eigenvalue weighted by atomic mass is 9.92. The second kappa shape index (κ2) is 4.65. The fourth-order valence-corrected chi connectivity index (χ4v) is 0.997. The molecule has 0 aliphatic heterocycles. The molecule has 0 aliphatic rings. The normalized spacial score (nSPS) is 11.4. The quantitative estimate of drug-likeness (QED) is 0.714. The first-order chi connectivity index (χ1) is 6.53. The first-order valence-corrected chi connectivity index (χ1v) is 5.17. The van der Waals surface area contributed by atoms with Crippen LogP contribution in [-0.4, -0.2) is 11.6 Å². The maximum Gasteiger partial charge on any atom is 0.214 e. The largest absolute Gasteiger partial charge is 0.477 e. The summed E-state index contributed by atoms with van der Waals surface area (Å²) >= 11 is 5.74. The van der Waals surface area contributed by atoms with Crippen molar-refractivity contribution in [2.45, 2.75) is 27.2 Å². The van der Waals surface area contributed by atoms with Crippen molar-refractivity contribution in [1.29, 1.82) is 0 Å². The zero-order chi connectivity index (χ0) is 10.6. The first kappa shape index (κ1) is 11.3. The number of rotatable bonds is 4. The summed E-state index contributed by atoms with van der Waals surface area (Å²) in [6.07, 6.45) is 1.08. The van der Waals surface area contributed by atoms with E-state index < -0.39 is 0 Å². The van der Waals surface area contributed by atoms with Gasteiger partial charge in [0.25, 0.3) is 0 Å². The van der Waals surface area contributed by atoms with Crippen LogP contribution in [0.1, 0.15) is 27.2 Å². The van der Waals surface area contributed by atoms with Crippen molar-refractivity contribution in [3.63, 3.8) is 0 Å². The standard InChI is InChI=1S/C11H16ClNO/c1-4-11(2,3)8-14-10-7-5-6-9(12)13-10/h5-7H,4,8H2,1-3H3. The maximum absolute atomic E-state index is 5.74. The lowest BCUT2D eigenvalue weighted by molar-refractivity contribution is 0.170. The van der Waals surface area contributed by atoms with Crippen LogP contribution in [0.5, 0.6) is 5.88 Å². The van der Waals surface area contributed by atoms with E-state index in [2.05, 4.69) is 25.8 Å². The molecule has 0 aliphatic carbocycles. The van der Waals surface area contributed by atoms with E-state index in [9.17, 15) is 0 Å². The minimum absolute atomic E-state index is 0.185. The molecular formula is C11H16ClNO. The second-order valence-corrected chi connectivity index (χ2v) is 4.49. The Morgan fingerprint density at radius 1 is 1.43 bits per heavy atom. The molecule has 0 unspecified atom stereocenters. The summed E-state index contributed by atoms with van der Waals surface area (Å²) in [5.74, 6) is 0.596. The lowest BCUT2D eigenvalue weighted by Gasteiger charge is -2.22. The summed E-state index contributed by atoms with van der Waals surface area (Å²) in [6.45, 7) is 7.14. The van der Waals surface area contributed by atoms with Gasteiger partial charge in [-0.1, -0.05) is 38.4 Å². The number of nitrogens with zero attached hydrogens (tertiary/aromatic N) is 1.